The van der Waals surface area contributed by atoms with Crippen molar-refractivity contribution in [1.29, 1.82) is 0 Å². The Kier molecular flexibility index (Phi) is 18.0. The van der Waals surface area contributed by atoms with Crippen LogP contribution >= 0.6 is 11.1 Å². The zero-order valence-electron chi connectivity index (χ0n) is 24.0. The average molecular weight is 575 g/mol. The summed E-state index contributed by atoms with van der Waals surface area (Å²) in [5.41, 5.74) is 0. The van der Waals surface area contributed by atoms with Crippen molar-refractivity contribution >= 4 is 30.9 Å². The lowest BCUT2D eigenvalue weighted by atomic mass is 9.90. The molecule has 0 bridgehead atoms. The summed E-state index contributed by atoms with van der Waals surface area (Å²) in [4.78, 5) is 20.5. The summed E-state index contributed by atoms with van der Waals surface area (Å²) in [6.45, 7) is 18.7. The molecule has 222 valence electrons. The Morgan fingerprint density at radius 1 is 1.18 bits per heavy atom. The lowest BCUT2D eigenvalue weighted by Gasteiger charge is -2.35. The van der Waals surface area contributed by atoms with Gasteiger partial charge in [-0.3, -0.25) is 13.9 Å². The van der Waals surface area contributed by atoms with Crippen molar-refractivity contribution < 1.29 is 24.2 Å². The van der Waals surface area contributed by atoms with E-state index in [0.29, 0.717) is 19.6 Å². The molecule has 3 rings (SSSR count). The molecule has 1 N–H and O–H groups in total. The van der Waals surface area contributed by atoms with E-state index in [-0.39, 0.29) is 25.5 Å². The number of aliphatic hydroxyl groups is 1. The lowest BCUT2D eigenvalue weighted by molar-refractivity contribution is -0.151. The van der Waals surface area contributed by atoms with Crippen LogP contribution in [-0.4, -0.2) is 84.3 Å². The number of aliphatic hydroxyl groups excluding tert-OH is 1. The number of hydrogen-bond acceptors (Lipinski definition) is 7. The van der Waals surface area contributed by atoms with Gasteiger partial charge in [-0.15, -0.1) is 17.7 Å². The van der Waals surface area contributed by atoms with E-state index in [4.69, 9.17) is 20.6 Å². The maximum Gasteiger partial charge on any atom is 0.311 e. The first kappa shape index (κ1) is 37.1. The van der Waals surface area contributed by atoms with Crippen molar-refractivity contribution in [2.45, 2.75) is 118 Å². The van der Waals surface area contributed by atoms with Crippen LogP contribution in [0.15, 0.2) is 24.8 Å². The van der Waals surface area contributed by atoms with Crippen molar-refractivity contribution in [3.63, 3.8) is 0 Å². The monoisotopic (exact) mass is 574 g/mol. The lowest BCUT2D eigenvalue weighted by Crippen LogP contribution is -2.55. The van der Waals surface area contributed by atoms with Gasteiger partial charge in [0.05, 0.1) is 25.7 Å². The van der Waals surface area contributed by atoms with E-state index in [0.717, 1.165) is 37.5 Å². The largest absolute Gasteiger partial charge is 0.392 e. The Morgan fingerprint density at radius 3 is 2.05 bits per heavy atom. The minimum absolute atomic E-state index is 0. The van der Waals surface area contributed by atoms with Gasteiger partial charge in [-0.25, -0.2) is 0 Å². The van der Waals surface area contributed by atoms with Gasteiger partial charge in [-0.2, -0.15) is 0 Å². The van der Waals surface area contributed by atoms with Crippen molar-refractivity contribution in [3.05, 3.63) is 24.8 Å². The third kappa shape index (κ3) is 10.6. The van der Waals surface area contributed by atoms with Crippen molar-refractivity contribution in [2.75, 3.05) is 26.3 Å². The average Bonchev–Trinajstić information content (AvgIpc) is 3.40. The fraction of sp³-hybridized carbons (Fsp3) is 0.793. The third-order valence-corrected chi connectivity index (χ3v) is 13.1. The molecule has 3 aliphatic rings. The number of ether oxygens (including phenoxy) is 2. The van der Waals surface area contributed by atoms with Gasteiger partial charge in [0, 0.05) is 30.5 Å². The molecule has 0 aromatic rings. The Bertz CT molecular complexity index is 712. The Morgan fingerprint density at radius 2 is 1.68 bits per heavy atom. The normalized spacial score (nSPS) is 28.1. The van der Waals surface area contributed by atoms with Gasteiger partial charge < -0.3 is 19.4 Å². The maximum atomic E-state index is 10.5. The number of fused-ring (bicyclic) bond motifs is 1. The zero-order chi connectivity index (χ0) is 28.1. The van der Waals surface area contributed by atoms with Crippen LogP contribution in [-0.2, 0) is 19.1 Å². The highest BCUT2D eigenvalue weighted by Gasteiger charge is 2.57. The van der Waals surface area contributed by atoms with Gasteiger partial charge >= 0.3 is 7.71 Å². The van der Waals surface area contributed by atoms with Crippen LogP contribution in [0.2, 0.25) is 6.04 Å². The zero-order valence-corrected chi connectivity index (χ0v) is 25.7. The molecule has 3 fully saturated rings. The van der Waals surface area contributed by atoms with Crippen LogP contribution in [0.5, 0.6) is 0 Å². The van der Waals surface area contributed by atoms with Crippen molar-refractivity contribution in [1.82, 2.24) is 9.13 Å². The predicted molar refractivity (Wildman–Crippen MR) is 160 cm³/mol. The molecule has 0 aromatic heterocycles. The standard InChI is InChI=1S/C14H27ClN2Si.C8H14O2.C6H10O3.CH4/c1-4-7-12-18(15)16(5-2)13-10-8-9-11-14(13)17(18)6-3;1-4-6(2)8(10)5-7(3)9;1-6(2-3-7)8-4-5-9-6;/h4,7,13-14H,5-6,8-12H2,1-3H3;4,6,8,10H,1,5H2,2-3H3;3H,2,4-5H2,1H3;1H4/b7-4+;;;/t13-,14?,18?;6-,8+;;/m01../s1. The van der Waals surface area contributed by atoms with Crippen molar-refractivity contribution in [2.24, 2.45) is 5.92 Å². The smallest absolute Gasteiger partial charge is 0.311 e. The summed E-state index contributed by atoms with van der Waals surface area (Å²) in [6, 6.07) is 2.54. The summed E-state index contributed by atoms with van der Waals surface area (Å²) in [5, 5.41) is 9.20. The van der Waals surface area contributed by atoms with Crippen LogP contribution in [0.3, 0.4) is 0 Å². The van der Waals surface area contributed by atoms with E-state index < -0.39 is 19.6 Å². The highest BCUT2D eigenvalue weighted by molar-refractivity contribution is 7.17. The number of Topliss-reactive ketones (excluding diaryl/α,β-unsaturated/α-hetero) is 1. The number of halogens is 1. The van der Waals surface area contributed by atoms with Gasteiger partial charge in [-0.05, 0) is 46.7 Å². The summed E-state index contributed by atoms with van der Waals surface area (Å²) in [6.07, 6.45) is 12.4. The summed E-state index contributed by atoms with van der Waals surface area (Å²) < 4.78 is 15.6. The van der Waals surface area contributed by atoms with E-state index in [9.17, 15) is 14.7 Å². The number of allylic oxidation sites excluding steroid dienone is 2. The first-order valence-corrected chi connectivity index (χ1v) is 17.0. The molecule has 7 nitrogen and oxygen atoms in total. The molecule has 0 spiro atoms. The fourth-order valence-corrected chi connectivity index (χ4v) is 11.1. The number of aldehydes is 1. The van der Waals surface area contributed by atoms with E-state index >= 15 is 0 Å². The number of carbonyl (C=O) groups is 2. The van der Waals surface area contributed by atoms with Gasteiger partial charge in [0.2, 0.25) is 0 Å². The molecule has 0 aromatic carbocycles. The fourth-order valence-electron chi connectivity index (χ4n) is 5.41. The molecule has 1 saturated carbocycles. The van der Waals surface area contributed by atoms with Crippen LogP contribution in [0.1, 0.15) is 87.5 Å². The highest BCUT2D eigenvalue weighted by atomic mass is 35.6. The number of hydrogen-bond donors (Lipinski definition) is 1. The van der Waals surface area contributed by atoms with E-state index in [2.05, 4.69) is 48.6 Å². The first-order valence-electron chi connectivity index (χ1n) is 13.9. The molecule has 2 saturated heterocycles. The van der Waals surface area contributed by atoms with Gasteiger partial charge in [-0.1, -0.05) is 59.3 Å². The Labute approximate surface area is 238 Å². The Balaban J connectivity index is 0.000000585. The first-order chi connectivity index (χ1) is 17.5. The Hall–Kier alpha value is -0.873. The second-order valence-corrected chi connectivity index (χ2v) is 15.1. The second kappa shape index (κ2) is 18.5. The molecule has 0 amide bonds. The van der Waals surface area contributed by atoms with Gasteiger partial charge in [0.15, 0.2) is 5.79 Å². The molecule has 2 unspecified atom stereocenters. The van der Waals surface area contributed by atoms with Crippen LogP contribution in [0.25, 0.3) is 0 Å². The maximum absolute atomic E-state index is 10.5. The van der Waals surface area contributed by atoms with Gasteiger partial charge in [0.25, 0.3) is 0 Å². The van der Waals surface area contributed by atoms with E-state index in [1.807, 2.05) is 6.92 Å². The highest BCUT2D eigenvalue weighted by Crippen LogP contribution is 2.43. The number of likely N-dealkylation sites (N-methyl/N-ethyl adjacent to an activating group) is 2. The minimum Gasteiger partial charge on any atom is -0.392 e. The molecule has 0 radical (unpaired) electrons. The van der Waals surface area contributed by atoms with E-state index in [1.54, 1.807) is 13.0 Å². The molecule has 38 heavy (non-hydrogen) atoms. The molecule has 1 aliphatic carbocycles. The van der Waals surface area contributed by atoms with Crippen LogP contribution in [0.4, 0.5) is 0 Å². The molecule has 2 aliphatic heterocycles. The van der Waals surface area contributed by atoms with Crippen LogP contribution in [0, 0.1) is 5.92 Å². The molecular weight excluding hydrogens is 520 g/mol. The number of nitrogens with zero attached hydrogens (tertiary/aromatic N) is 2. The van der Waals surface area contributed by atoms with E-state index in [1.165, 1.54) is 32.6 Å². The number of ketones is 1. The predicted octanol–water partition coefficient (Wildman–Crippen LogP) is 5.83. The van der Waals surface area contributed by atoms with Crippen molar-refractivity contribution in [3.8, 4) is 0 Å². The molecule has 9 heteroatoms. The molecule has 5 atom stereocenters. The second-order valence-electron chi connectivity index (χ2n) is 10.3. The number of carbonyl (C=O) groups excluding carboxylic acids is 2. The quantitative estimate of drug-likeness (QED) is 0.152. The third-order valence-electron chi connectivity index (χ3n) is 7.50. The summed E-state index contributed by atoms with van der Waals surface area (Å²) in [5.74, 6) is -0.605. The topological polar surface area (TPSA) is 79.3 Å². The summed E-state index contributed by atoms with van der Waals surface area (Å²) in [7, 11) is -1.94. The molecule has 2 heterocycles. The summed E-state index contributed by atoms with van der Waals surface area (Å²) >= 11 is 7.20. The number of rotatable bonds is 10. The van der Waals surface area contributed by atoms with Gasteiger partial charge in [0.1, 0.15) is 12.1 Å². The SMILES string of the molecule is C.C/C=C/C[Si]1(Cl)N(CC)C2CCCC[C@@H]2N1CC.C=C[C@@H](C)[C@@H](O)CC(C)=O.CC1(CC=O)OCCO1. The minimum atomic E-state index is -1.94. The molecular formula is C29H55ClN2O5Si. The van der Waals surface area contributed by atoms with Crippen LogP contribution < -0.4 is 0 Å².